The summed E-state index contributed by atoms with van der Waals surface area (Å²) >= 11 is 0. The minimum Gasteiger partial charge on any atom is -0.457 e. The summed E-state index contributed by atoms with van der Waals surface area (Å²) in [6.07, 6.45) is 4.72. The van der Waals surface area contributed by atoms with Crippen LogP contribution in [-0.4, -0.2) is 51.3 Å². The summed E-state index contributed by atoms with van der Waals surface area (Å²) in [6, 6.07) is 24.1. The zero-order chi connectivity index (χ0) is 29.2. The van der Waals surface area contributed by atoms with Crippen molar-refractivity contribution in [2.45, 2.75) is 45.2 Å². The Bertz CT molecular complexity index is 1450. The zero-order valence-corrected chi connectivity index (χ0v) is 25.6. The van der Waals surface area contributed by atoms with Crippen LogP contribution in [0.1, 0.15) is 43.7 Å². The van der Waals surface area contributed by atoms with E-state index in [0.717, 1.165) is 57.3 Å². The van der Waals surface area contributed by atoms with E-state index < -0.39 is 10.0 Å². The summed E-state index contributed by atoms with van der Waals surface area (Å²) in [7, 11) is -3.32. The van der Waals surface area contributed by atoms with E-state index in [4.69, 9.17) is 4.74 Å². The molecule has 42 heavy (non-hydrogen) atoms. The van der Waals surface area contributed by atoms with Gasteiger partial charge in [0.2, 0.25) is 10.0 Å². The fraction of sp³-hybridized carbons (Fsp3) is 0.355. The van der Waals surface area contributed by atoms with Gasteiger partial charge in [-0.25, -0.2) is 13.2 Å². The number of ether oxygens (including phenoxy) is 1. The van der Waals surface area contributed by atoms with Crippen LogP contribution in [0.2, 0.25) is 0 Å². The van der Waals surface area contributed by atoms with Gasteiger partial charge >= 0.3 is 6.03 Å². The molecule has 3 aromatic rings. The molecule has 2 N–H and O–H groups in total. The van der Waals surface area contributed by atoms with E-state index >= 15 is 0 Å². The molecule has 0 saturated carbocycles. The van der Waals surface area contributed by atoms with Crippen molar-refractivity contribution in [3.63, 3.8) is 0 Å². The van der Waals surface area contributed by atoms with Crippen molar-refractivity contribution in [1.29, 1.82) is 5.26 Å². The lowest BCUT2D eigenvalue weighted by Crippen LogP contribution is -2.49. The lowest BCUT2D eigenvalue weighted by Gasteiger charge is -2.34. The normalized spacial score (nSPS) is 13.8. The smallest absolute Gasteiger partial charge is 0.322 e. The Morgan fingerprint density at radius 2 is 1.69 bits per heavy atom. The van der Waals surface area contributed by atoms with Crippen molar-refractivity contribution in [3.8, 4) is 17.6 Å². The van der Waals surface area contributed by atoms with Crippen molar-refractivity contribution >= 4 is 39.8 Å². The average molecular weight is 612 g/mol. The molecule has 0 aromatic heterocycles. The number of nitriles is 1. The molecule has 1 fully saturated rings. The van der Waals surface area contributed by atoms with Crippen molar-refractivity contribution in [2.24, 2.45) is 0 Å². The highest BCUT2D eigenvalue weighted by Crippen LogP contribution is 2.25. The Morgan fingerprint density at radius 1 is 1.05 bits per heavy atom. The molecular weight excluding hydrogens is 574 g/mol. The summed E-state index contributed by atoms with van der Waals surface area (Å²) in [5.41, 5.74) is 2.96. The Morgan fingerprint density at radius 3 is 2.29 bits per heavy atom. The molecule has 0 spiro atoms. The molecule has 0 aliphatic carbocycles. The van der Waals surface area contributed by atoms with Crippen LogP contribution in [0.15, 0.2) is 72.8 Å². The van der Waals surface area contributed by atoms with Crippen LogP contribution < -0.4 is 19.7 Å². The standard InChI is InChI=1S/C31H37N5O4S.ClH/c1-3-4-18-36(28-7-5-6-25(21-28)22-32)31(37)33-26-16-19-35(20-17-26)23-24-8-12-29(13-9-24)40-30-14-10-27(11-15-30)34-41(2,38)39;/h5-15,21,26,34H,3-4,16-20,23H2,1-2H3,(H,33,37);1H. The number of piperidine rings is 1. The van der Waals surface area contributed by atoms with E-state index in [-0.39, 0.29) is 24.5 Å². The Kier molecular flexibility index (Phi) is 12.0. The average Bonchev–Trinajstić information content (AvgIpc) is 2.96. The maximum Gasteiger partial charge on any atom is 0.322 e. The molecule has 224 valence electrons. The molecule has 0 radical (unpaired) electrons. The van der Waals surface area contributed by atoms with Gasteiger partial charge < -0.3 is 10.1 Å². The number of carbonyl (C=O) groups excluding carboxylic acids is 1. The molecule has 3 aromatic carbocycles. The molecule has 0 unspecified atom stereocenters. The maximum absolute atomic E-state index is 13.2. The van der Waals surface area contributed by atoms with Gasteiger partial charge in [0.05, 0.1) is 17.9 Å². The largest absolute Gasteiger partial charge is 0.457 e. The van der Waals surface area contributed by atoms with E-state index in [1.807, 2.05) is 36.4 Å². The SMILES string of the molecule is CCCCN(C(=O)NC1CCN(Cc2ccc(Oc3ccc(NS(C)(=O)=O)cc3)cc2)CC1)c1cccc(C#N)c1.Cl. The molecule has 0 atom stereocenters. The summed E-state index contributed by atoms with van der Waals surface area (Å²) in [5.74, 6) is 1.32. The van der Waals surface area contributed by atoms with Crippen LogP contribution in [0.4, 0.5) is 16.2 Å². The fourth-order valence-corrected chi connectivity index (χ4v) is 5.32. The van der Waals surface area contributed by atoms with Gasteiger partial charge in [-0.2, -0.15) is 5.26 Å². The van der Waals surface area contributed by atoms with Gasteiger partial charge in [0.15, 0.2) is 0 Å². The zero-order valence-electron chi connectivity index (χ0n) is 24.0. The number of nitrogens with one attached hydrogen (secondary N) is 2. The molecule has 0 bridgehead atoms. The Labute approximate surface area is 254 Å². The van der Waals surface area contributed by atoms with Crippen LogP contribution in [0.5, 0.6) is 11.5 Å². The highest BCUT2D eigenvalue weighted by molar-refractivity contribution is 7.92. The molecule has 11 heteroatoms. The number of sulfonamides is 1. The number of benzene rings is 3. The second-order valence-corrected chi connectivity index (χ2v) is 12.1. The van der Waals surface area contributed by atoms with Crippen LogP contribution in [0, 0.1) is 11.3 Å². The van der Waals surface area contributed by atoms with Gasteiger partial charge in [0, 0.05) is 43.6 Å². The van der Waals surface area contributed by atoms with Crippen molar-refractivity contribution in [2.75, 3.05) is 35.5 Å². The Balaban J connectivity index is 0.00000484. The van der Waals surface area contributed by atoms with Gasteiger partial charge in [0.1, 0.15) is 11.5 Å². The number of carbonyl (C=O) groups is 1. The van der Waals surface area contributed by atoms with E-state index in [0.29, 0.717) is 29.3 Å². The Hall–Kier alpha value is -3.78. The molecule has 9 nitrogen and oxygen atoms in total. The molecule has 4 rings (SSSR count). The number of amides is 2. The highest BCUT2D eigenvalue weighted by atomic mass is 35.5. The van der Waals surface area contributed by atoms with Gasteiger partial charge in [-0.3, -0.25) is 14.5 Å². The van der Waals surface area contributed by atoms with Gasteiger partial charge in [0.25, 0.3) is 0 Å². The quantitative estimate of drug-likeness (QED) is 0.270. The molecule has 2 amide bonds. The lowest BCUT2D eigenvalue weighted by atomic mass is 10.0. The van der Waals surface area contributed by atoms with Gasteiger partial charge in [-0.1, -0.05) is 31.5 Å². The lowest BCUT2D eigenvalue weighted by molar-refractivity contribution is 0.188. The minimum atomic E-state index is -3.32. The third-order valence-corrected chi connectivity index (χ3v) is 7.51. The molecule has 1 heterocycles. The molecular formula is C31H38ClN5O4S. The number of hydrogen-bond donors (Lipinski definition) is 2. The second-order valence-electron chi connectivity index (χ2n) is 10.3. The molecule has 1 aliphatic heterocycles. The van der Waals surface area contributed by atoms with E-state index in [1.54, 1.807) is 41.3 Å². The summed E-state index contributed by atoms with van der Waals surface area (Å²) < 4.78 is 31.1. The van der Waals surface area contributed by atoms with Gasteiger partial charge in [-0.15, -0.1) is 12.4 Å². The predicted octanol–water partition coefficient (Wildman–Crippen LogP) is 6.12. The van der Waals surface area contributed by atoms with E-state index in [1.165, 1.54) is 5.56 Å². The van der Waals surface area contributed by atoms with Gasteiger partial charge in [-0.05, 0) is 79.4 Å². The third kappa shape index (κ3) is 9.94. The highest BCUT2D eigenvalue weighted by Gasteiger charge is 2.24. The number of rotatable bonds is 11. The van der Waals surface area contributed by atoms with Crippen LogP contribution in [0.25, 0.3) is 0 Å². The summed E-state index contributed by atoms with van der Waals surface area (Å²) in [6.45, 7) is 5.30. The topological polar surface area (TPSA) is 115 Å². The first-order chi connectivity index (χ1) is 19.7. The summed E-state index contributed by atoms with van der Waals surface area (Å²) in [4.78, 5) is 17.3. The van der Waals surface area contributed by atoms with Crippen LogP contribution in [0.3, 0.4) is 0 Å². The number of hydrogen-bond acceptors (Lipinski definition) is 6. The number of nitrogens with zero attached hydrogens (tertiary/aromatic N) is 3. The van der Waals surface area contributed by atoms with Crippen LogP contribution in [-0.2, 0) is 16.6 Å². The number of anilines is 2. The van der Waals surface area contributed by atoms with Crippen molar-refractivity contribution in [1.82, 2.24) is 10.2 Å². The molecule has 1 saturated heterocycles. The number of urea groups is 1. The third-order valence-electron chi connectivity index (χ3n) is 6.91. The monoisotopic (exact) mass is 611 g/mol. The minimum absolute atomic E-state index is 0. The number of likely N-dealkylation sites (tertiary alicyclic amines) is 1. The maximum atomic E-state index is 13.2. The first-order valence-corrected chi connectivity index (χ1v) is 15.8. The molecule has 1 aliphatic rings. The second kappa shape index (κ2) is 15.4. The fourth-order valence-electron chi connectivity index (χ4n) is 4.76. The van der Waals surface area contributed by atoms with E-state index in [9.17, 15) is 18.5 Å². The first kappa shape index (κ1) is 32.7. The first-order valence-electron chi connectivity index (χ1n) is 13.9. The number of halogens is 1. The van der Waals surface area contributed by atoms with Crippen LogP contribution >= 0.6 is 12.4 Å². The number of unbranched alkanes of at least 4 members (excludes halogenated alkanes) is 1. The predicted molar refractivity (Wildman–Crippen MR) is 169 cm³/mol. The van der Waals surface area contributed by atoms with Crippen molar-refractivity contribution < 1.29 is 17.9 Å². The van der Waals surface area contributed by atoms with Crippen molar-refractivity contribution in [3.05, 3.63) is 83.9 Å². The van der Waals surface area contributed by atoms with E-state index in [2.05, 4.69) is 27.9 Å². The summed E-state index contributed by atoms with van der Waals surface area (Å²) in [5, 5.41) is 12.5.